The lowest BCUT2D eigenvalue weighted by Crippen LogP contribution is -2.38. The number of rotatable bonds is 5. The van der Waals surface area contributed by atoms with Gasteiger partial charge in [-0.3, -0.25) is 23.7 Å². The van der Waals surface area contributed by atoms with Crippen molar-refractivity contribution in [2.45, 2.75) is 31.5 Å². The zero-order valence-corrected chi connectivity index (χ0v) is 13.2. The molecule has 1 aromatic rings. The van der Waals surface area contributed by atoms with Crippen LogP contribution in [0.2, 0.25) is 0 Å². The van der Waals surface area contributed by atoms with Crippen LogP contribution in [0.4, 0.5) is 0 Å². The monoisotopic (exact) mass is 366 g/mol. The number of nitrogens with one attached hydrogen (secondary N) is 1. The van der Waals surface area contributed by atoms with E-state index in [2.05, 4.69) is 4.52 Å². The van der Waals surface area contributed by atoms with Crippen LogP contribution in [0, 0.1) is 0 Å². The molecule has 12 nitrogen and oxygen atoms in total. The first kappa shape index (κ1) is 18.5. The minimum Gasteiger partial charge on any atom is -0.463 e. The first-order valence-corrected chi connectivity index (χ1v) is 8.14. The van der Waals surface area contributed by atoms with Crippen molar-refractivity contribution in [3.63, 3.8) is 0 Å². The highest BCUT2D eigenvalue weighted by molar-refractivity contribution is 7.46. The zero-order chi connectivity index (χ0) is 18.1. The first-order valence-electron chi connectivity index (χ1n) is 6.61. The van der Waals surface area contributed by atoms with E-state index in [-0.39, 0.29) is 0 Å². The largest absolute Gasteiger partial charge is 0.470 e. The lowest BCUT2D eigenvalue weighted by atomic mass is 10.1. The molecule has 2 rings (SSSR count). The fourth-order valence-corrected chi connectivity index (χ4v) is 2.78. The summed E-state index contributed by atoms with van der Waals surface area (Å²) in [7, 11) is -5.00. The molecule has 24 heavy (non-hydrogen) atoms. The number of phosphoric acid groups is 1. The summed E-state index contributed by atoms with van der Waals surface area (Å²) in [6.07, 6.45) is -4.87. The molecule has 0 saturated carbocycles. The molecule has 4 atom stereocenters. The number of nitrogens with zero attached hydrogens (tertiary/aromatic N) is 1. The Hall–Kier alpha value is -1.82. The second kappa shape index (κ2) is 6.97. The lowest BCUT2D eigenvalue weighted by Gasteiger charge is -2.20. The molecule has 0 radical (unpaired) electrons. The second-order valence-electron chi connectivity index (χ2n) is 4.94. The number of carbonyl (C=O) groups is 1. The fraction of sp³-hybridized carbons (Fsp3) is 0.545. The number of H-pyrrole nitrogens is 1. The predicted octanol–water partition coefficient (Wildman–Crippen LogP) is -2.16. The van der Waals surface area contributed by atoms with Gasteiger partial charge in [0.2, 0.25) is 0 Å². The van der Waals surface area contributed by atoms with Gasteiger partial charge in [0.25, 0.3) is 5.56 Å². The molecule has 0 amide bonds. The first-order chi connectivity index (χ1) is 11.1. The van der Waals surface area contributed by atoms with Crippen LogP contribution >= 0.6 is 7.82 Å². The summed E-state index contributed by atoms with van der Waals surface area (Å²) >= 11 is 0. The van der Waals surface area contributed by atoms with Gasteiger partial charge in [-0.2, -0.15) is 0 Å². The van der Waals surface area contributed by atoms with Crippen LogP contribution in [0.5, 0.6) is 0 Å². The van der Waals surface area contributed by atoms with E-state index in [1.54, 1.807) is 0 Å². The highest BCUT2D eigenvalue weighted by Crippen LogP contribution is 2.43. The number of hydrogen-bond acceptors (Lipinski definition) is 8. The third-order valence-electron chi connectivity index (χ3n) is 3.14. The summed E-state index contributed by atoms with van der Waals surface area (Å²) in [5.74, 6) is -0.687. The molecule has 1 fully saturated rings. The number of hydrogen-bond donors (Lipinski definition) is 4. The average Bonchev–Trinajstić information content (AvgIpc) is 2.72. The number of phosphoric ester groups is 1. The Morgan fingerprint density at radius 3 is 2.67 bits per heavy atom. The smallest absolute Gasteiger partial charge is 0.463 e. The van der Waals surface area contributed by atoms with Crippen LogP contribution in [-0.4, -0.2) is 55.3 Å². The molecule has 2 unspecified atom stereocenters. The van der Waals surface area contributed by atoms with Crippen molar-refractivity contribution in [3.05, 3.63) is 33.1 Å². The highest BCUT2D eigenvalue weighted by atomic mass is 31.2. The van der Waals surface area contributed by atoms with Gasteiger partial charge in [-0.25, -0.2) is 9.36 Å². The Labute approximate surface area is 133 Å². The van der Waals surface area contributed by atoms with Gasteiger partial charge in [0.15, 0.2) is 6.23 Å². The van der Waals surface area contributed by atoms with Gasteiger partial charge in [0, 0.05) is 19.2 Å². The van der Waals surface area contributed by atoms with Gasteiger partial charge >= 0.3 is 19.5 Å². The summed E-state index contributed by atoms with van der Waals surface area (Å²) in [5.41, 5.74) is -1.59. The maximum absolute atomic E-state index is 11.8. The van der Waals surface area contributed by atoms with Crippen molar-refractivity contribution >= 4 is 13.8 Å². The van der Waals surface area contributed by atoms with Crippen LogP contribution in [0.25, 0.3) is 0 Å². The zero-order valence-electron chi connectivity index (χ0n) is 12.3. The van der Waals surface area contributed by atoms with Crippen molar-refractivity contribution in [3.8, 4) is 0 Å². The van der Waals surface area contributed by atoms with Crippen LogP contribution in [0.1, 0.15) is 13.2 Å². The normalized spacial score (nSPS) is 27.2. The minimum atomic E-state index is -5.00. The fourth-order valence-electron chi connectivity index (χ4n) is 2.20. The number of carbonyl (C=O) groups excluding carboxylic acids is 1. The van der Waals surface area contributed by atoms with Crippen molar-refractivity contribution in [2.75, 3.05) is 6.61 Å². The van der Waals surface area contributed by atoms with Crippen LogP contribution in [-0.2, 0) is 23.4 Å². The maximum Gasteiger partial charge on any atom is 0.470 e. The van der Waals surface area contributed by atoms with E-state index >= 15 is 0 Å². The van der Waals surface area contributed by atoms with E-state index in [4.69, 9.17) is 19.3 Å². The van der Waals surface area contributed by atoms with Gasteiger partial charge in [0.05, 0.1) is 0 Å². The molecule has 0 bridgehead atoms. The van der Waals surface area contributed by atoms with Crippen molar-refractivity contribution in [1.82, 2.24) is 9.55 Å². The van der Waals surface area contributed by atoms with Gasteiger partial charge < -0.3 is 24.4 Å². The molecule has 0 aliphatic carbocycles. The molecule has 1 aromatic heterocycles. The summed E-state index contributed by atoms with van der Waals surface area (Å²) < 4.78 is 26.4. The van der Waals surface area contributed by atoms with Gasteiger partial charge in [-0.15, -0.1) is 0 Å². The molecule has 13 heteroatoms. The molecule has 0 spiro atoms. The van der Waals surface area contributed by atoms with E-state index in [9.17, 15) is 24.1 Å². The Balaban J connectivity index is 2.31. The van der Waals surface area contributed by atoms with Gasteiger partial charge in [-0.05, 0) is 0 Å². The molecular weight excluding hydrogens is 351 g/mol. The second-order valence-corrected chi connectivity index (χ2v) is 6.13. The predicted molar refractivity (Wildman–Crippen MR) is 74.8 cm³/mol. The van der Waals surface area contributed by atoms with Crippen LogP contribution < -0.4 is 11.2 Å². The van der Waals surface area contributed by atoms with Crippen molar-refractivity contribution < 1.29 is 38.3 Å². The van der Waals surface area contributed by atoms with E-state index in [1.807, 2.05) is 4.98 Å². The van der Waals surface area contributed by atoms with Gasteiger partial charge in [-0.1, -0.05) is 0 Å². The quantitative estimate of drug-likeness (QED) is 0.331. The molecule has 134 valence electrons. The Morgan fingerprint density at radius 1 is 1.46 bits per heavy atom. The molecule has 1 saturated heterocycles. The Morgan fingerprint density at radius 2 is 2.12 bits per heavy atom. The number of aliphatic hydroxyl groups is 1. The number of aromatic amines is 1. The average molecular weight is 366 g/mol. The van der Waals surface area contributed by atoms with Crippen LogP contribution in [0.3, 0.4) is 0 Å². The molecule has 0 aromatic carbocycles. The van der Waals surface area contributed by atoms with E-state index in [0.29, 0.717) is 0 Å². The van der Waals surface area contributed by atoms with Gasteiger partial charge in [0.1, 0.15) is 24.9 Å². The molecule has 2 heterocycles. The number of esters is 1. The van der Waals surface area contributed by atoms with E-state index in [0.717, 1.165) is 23.8 Å². The van der Waals surface area contributed by atoms with Crippen LogP contribution in [0.15, 0.2) is 21.9 Å². The Kier molecular flexibility index (Phi) is 5.38. The third kappa shape index (κ3) is 4.38. The summed E-state index contributed by atoms with van der Waals surface area (Å²) in [6.45, 7) is 0.639. The minimum absolute atomic E-state index is 0.467. The molecule has 4 N–H and O–H groups in total. The third-order valence-corrected chi connectivity index (χ3v) is 3.66. The summed E-state index contributed by atoms with van der Waals surface area (Å²) in [5, 5.41) is 10.2. The van der Waals surface area contributed by atoms with Crippen molar-refractivity contribution in [1.29, 1.82) is 0 Å². The number of aliphatic hydroxyl groups excluding tert-OH is 1. The number of ether oxygens (including phenoxy) is 2. The maximum atomic E-state index is 11.8. The summed E-state index contributed by atoms with van der Waals surface area (Å²) in [4.78, 5) is 53.6. The van der Waals surface area contributed by atoms with E-state index in [1.165, 1.54) is 0 Å². The Bertz CT molecular complexity index is 767. The lowest BCUT2D eigenvalue weighted by molar-refractivity contribution is -0.147. The molecular formula is C11H15N2O10P. The standard InChI is InChI=1S/C11H15N2O10P/c1-5(14)21-4-6-9(23-24(18,19)20)8(16)10(22-6)13-3-2-7(15)12-11(13)17/h2-3,6,8-10,16H,4H2,1H3,(H,12,15,17)(H2,18,19,20)/t6-,8?,9?,10-/m0/s1. The number of aromatic nitrogens is 2. The van der Waals surface area contributed by atoms with Crippen molar-refractivity contribution in [2.24, 2.45) is 0 Å². The highest BCUT2D eigenvalue weighted by Gasteiger charge is 2.49. The molecule has 1 aliphatic heterocycles. The SMILES string of the molecule is CC(=O)OC[C@@H]1O[C@H](n2ccc(=O)[nH]c2=O)C(O)C1OP(=O)(O)O. The molecule has 1 aliphatic rings. The topological polar surface area (TPSA) is 177 Å². The summed E-state index contributed by atoms with van der Waals surface area (Å²) in [6, 6.07) is 0.996. The van der Waals surface area contributed by atoms with E-state index < -0.39 is 56.2 Å².